The molecular formula is C22H38N2O2. The summed E-state index contributed by atoms with van der Waals surface area (Å²) in [7, 11) is 0. The number of carbonyl (C=O) groups excluding carboxylic acids is 1. The maximum Gasteiger partial charge on any atom is 0.219 e. The van der Waals surface area contributed by atoms with Crippen LogP contribution >= 0.6 is 0 Å². The van der Waals surface area contributed by atoms with Crippen LogP contribution in [0, 0.1) is 23.7 Å². The van der Waals surface area contributed by atoms with Crippen molar-refractivity contribution in [2.75, 3.05) is 13.1 Å². The summed E-state index contributed by atoms with van der Waals surface area (Å²) in [5.41, 5.74) is 0. The average Bonchev–Trinajstić information content (AvgIpc) is 2.62. The Bertz CT molecular complexity index is 520. The third-order valence-electron chi connectivity index (χ3n) is 7.67. The largest absolute Gasteiger partial charge is 0.495 e. The molecule has 0 aromatic carbocycles. The fraction of sp³-hybridized carbons (Fsp3) is 0.864. The van der Waals surface area contributed by atoms with Crippen molar-refractivity contribution < 1.29 is 9.90 Å². The summed E-state index contributed by atoms with van der Waals surface area (Å²) in [6.45, 7) is 11.7. The van der Waals surface area contributed by atoms with Crippen LogP contribution in [-0.4, -0.2) is 46.0 Å². The van der Waals surface area contributed by atoms with E-state index in [4.69, 9.17) is 0 Å². The number of nitrogens with zero attached hydrogens (tertiary/aromatic N) is 2. The maximum absolute atomic E-state index is 12.1. The smallest absolute Gasteiger partial charge is 0.219 e. The Hall–Kier alpha value is -1.19. The number of hydrogen-bond donors (Lipinski definition) is 1. The Labute approximate surface area is 159 Å². The Morgan fingerprint density at radius 2 is 1.69 bits per heavy atom. The topological polar surface area (TPSA) is 43.8 Å². The Morgan fingerprint density at radius 3 is 2.35 bits per heavy atom. The average molecular weight is 363 g/mol. The van der Waals surface area contributed by atoms with Gasteiger partial charge >= 0.3 is 0 Å². The second-order valence-corrected chi connectivity index (χ2v) is 9.13. The van der Waals surface area contributed by atoms with Crippen LogP contribution in [0.1, 0.15) is 72.1 Å². The summed E-state index contributed by atoms with van der Waals surface area (Å²) in [6.07, 6.45) is 10.2. The molecule has 1 saturated heterocycles. The Balaban J connectivity index is 1.71. The first-order valence-electron chi connectivity index (χ1n) is 10.8. The van der Waals surface area contributed by atoms with E-state index < -0.39 is 0 Å². The van der Waals surface area contributed by atoms with Crippen molar-refractivity contribution >= 4 is 5.91 Å². The first-order chi connectivity index (χ1) is 12.4. The Morgan fingerprint density at radius 1 is 1.04 bits per heavy atom. The number of rotatable bonds is 4. The molecule has 1 amide bonds. The molecule has 1 aliphatic heterocycles. The molecule has 0 spiro atoms. The van der Waals surface area contributed by atoms with Crippen LogP contribution in [0.3, 0.4) is 0 Å². The molecule has 3 aliphatic rings. The number of piperazine rings is 1. The van der Waals surface area contributed by atoms with E-state index in [2.05, 4.69) is 25.3 Å². The first-order valence-corrected chi connectivity index (χ1v) is 10.8. The molecule has 1 heterocycles. The minimum absolute atomic E-state index is 0.177. The molecule has 4 heteroatoms. The standard InChI is InChI=1S/C22H38N2O2/c1-5-6-18-13-19(8-7-15(18)2)20-9-10-21-22(14-20)24(17(4)26)12-11-23(21)16(3)25/h15,18-22,26H,4-14H2,1-3H3. The van der Waals surface area contributed by atoms with Gasteiger partial charge in [-0.05, 0) is 62.4 Å². The highest BCUT2D eigenvalue weighted by Crippen LogP contribution is 2.45. The molecule has 2 saturated carbocycles. The van der Waals surface area contributed by atoms with E-state index in [9.17, 15) is 9.90 Å². The van der Waals surface area contributed by atoms with Gasteiger partial charge in [0.05, 0.1) is 12.1 Å². The van der Waals surface area contributed by atoms with Crippen molar-refractivity contribution in [2.45, 2.75) is 84.2 Å². The van der Waals surface area contributed by atoms with Crippen LogP contribution in [0.4, 0.5) is 0 Å². The monoisotopic (exact) mass is 362 g/mol. The van der Waals surface area contributed by atoms with Crippen LogP contribution < -0.4 is 0 Å². The van der Waals surface area contributed by atoms with E-state index in [1.165, 1.54) is 38.5 Å². The van der Waals surface area contributed by atoms with Gasteiger partial charge in [0.2, 0.25) is 5.91 Å². The highest BCUT2D eigenvalue weighted by molar-refractivity contribution is 5.73. The highest BCUT2D eigenvalue weighted by Gasteiger charge is 2.44. The van der Waals surface area contributed by atoms with Gasteiger partial charge in [-0.2, -0.15) is 0 Å². The lowest BCUT2D eigenvalue weighted by molar-refractivity contribution is -0.138. The lowest BCUT2D eigenvalue weighted by atomic mass is 9.64. The van der Waals surface area contributed by atoms with Gasteiger partial charge in [0, 0.05) is 20.0 Å². The molecule has 0 aromatic heterocycles. The minimum Gasteiger partial charge on any atom is -0.495 e. The lowest BCUT2D eigenvalue weighted by Crippen LogP contribution is -2.62. The van der Waals surface area contributed by atoms with Gasteiger partial charge in [-0.25, -0.2) is 0 Å². The first kappa shape index (κ1) is 19.6. The second kappa shape index (κ2) is 8.22. The normalized spacial score (nSPS) is 38.0. The van der Waals surface area contributed by atoms with Gasteiger partial charge in [0.25, 0.3) is 0 Å². The molecule has 6 unspecified atom stereocenters. The molecule has 0 radical (unpaired) electrons. The van der Waals surface area contributed by atoms with Gasteiger partial charge < -0.3 is 14.9 Å². The van der Waals surface area contributed by atoms with E-state index >= 15 is 0 Å². The SMILES string of the molecule is C=C(O)N1CCN(C(C)=O)C2CCC(C3CCC(C)C(CCC)C3)CC21. The van der Waals surface area contributed by atoms with Crippen molar-refractivity contribution in [3.8, 4) is 0 Å². The van der Waals surface area contributed by atoms with Gasteiger partial charge in [-0.15, -0.1) is 0 Å². The van der Waals surface area contributed by atoms with Gasteiger partial charge in [0.15, 0.2) is 5.88 Å². The summed E-state index contributed by atoms with van der Waals surface area (Å²) in [5, 5.41) is 10.1. The Kier molecular flexibility index (Phi) is 6.19. The fourth-order valence-electron chi connectivity index (χ4n) is 6.20. The number of aliphatic hydroxyl groups excluding tert-OH is 1. The van der Waals surface area contributed by atoms with E-state index in [0.29, 0.717) is 13.1 Å². The quantitative estimate of drug-likeness (QED) is 0.745. The third-order valence-corrected chi connectivity index (χ3v) is 7.67. The second-order valence-electron chi connectivity index (χ2n) is 9.13. The highest BCUT2D eigenvalue weighted by atomic mass is 16.3. The summed E-state index contributed by atoms with van der Waals surface area (Å²) in [6, 6.07) is 0.489. The van der Waals surface area contributed by atoms with Crippen molar-refractivity contribution in [2.24, 2.45) is 23.7 Å². The van der Waals surface area contributed by atoms with E-state index in [0.717, 1.165) is 36.5 Å². The molecule has 1 N–H and O–H groups in total. The van der Waals surface area contributed by atoms with Crippen molar-refractivity contribution in [1.82, 2.24) is 9.80 Å². The molecule has 0 aromatic rings. The number of carbonyl (C=O) groups is 1. The van der Waals surface area contributed by atoms with Crippen LogP contribution in [0.15, 0.2) is 12.5 Å². The van der Waals surface area contributed by atoms with Crippen LogP contribution in [0.5, 0.6) is 0 Å². The van der Waals surface area contributed by atoms with Gasteiger partial charge in [0.1, 0.15) is 0 Å². The molecule has 4 nitrogen and oxygen atoms in total. The summed E-state index contributed by atoms with van der Waals surface area (Å²) < 4.78 is 0. The third kappa shape index (κ3) is 3.89. The van der Waals surface area contributed by atoms with Gasteiger partial charge in [-0.3, -0.25) is 4.79 Å². The molecule has 148 valence electrons. The van der Waals surface area contributed by atoms with Crippen LogP contribution in [0.25, 0.3) is 0 Å². The van der Waals surface area contributed by atoms with Crippen molar-refractivity contribution in [3.63, 3.8) is 0 Å². The van der Waals surface area contributed by atoms with Crippen LogP contribution in [0.2, 0.25) is 0 Å². The van der Waals surface area contributed by atoms with Gasteiger partial charge in [-0.1, -0.05) is 33.1 Å². The predicted octanol–water partition coefficient (Wildman–Crippen LogP) is 4.57. The molecule has 0 bridgehead atoms. The molecule has 3 fully saturated rings. The summed E-state index contributed by atoms with van der Waals surface area (Å²) in [4.78, 5) is 16.2. The van der Waals surface area contributed by atoms with E-state index in [1.807, 2.05) is 4.90 Å². The zero-order chi connectivity index (χ0) is 18.8. The summed E-state index contributed by atoms with van der Waals surface area (Å²) in [5.74, 6) is 3.68. The molecule has 2 aliphatic carbocycles. The number of hydrogen-bond acceptors (Lipinski definition) is 3. The van der Waals surface area contributed by atoms with Crippen LogP contribution in [-0.2, 0) is 4.79 Å². The number of fused-ring (bicyclic) bond motifs is 1. The number of amides is 1. The molecule has 26 heavy (non-hydrogen) atoms. The van der Waals surface area contributed by atoms with E-state index in [1.54, 1.807) is 6.92 Å². The maximum atomic E-state index is 12.1. The number of aliphatic hydroxyl groups is 1. The fourth-order valence-corrected chi connectivity index (χ4v) is 6.20. The zero-order valence-corrected chi connectivity index (χ0v) is 17.0. The molecule has 6 atom stereocenters. The lowest BCUT2D eigenvalue weighted by Gasteiger charge is -2.53. The summed E-state index contributed by atoms with van der Waals surface area (Å²) >= 11 is 0. The predicted molar refractivity (Wildman–Crippen MR) is 106 cm³/mol. The van der Waals surface area contributed by atoms with Crippen molar-refractivity contribution in [1.29, 1.82) is 0 Å². The molecular weight excluding hydrogens is 324 g/mol. The zero-order valence-electron chi connectivity index (χ0n) is 17.0. The van der Waals surface area contributed by atoms with Crippen molar-refractivity contribution in [3.05, 3.63) is 12.5 Å². The molecule has 3 rings (SSSR count). The minimum atomic E-state index is 0.177. The van der Waals surface area contributed by atoms with E-state index in [-0.39, 0.29) is 23.9 Å².